The molecule has 0 aliphatic heterocycles. The molecule has 0 aromatic carbocycles. The molecule has 0 fully saturated rings. The molecule has 2 aromatic heterocycles. The van der Waals surface area contributed by atoms with E-state index in [1.54, 1.807) is 6.33 Å². The molecule has 0 aliphatic carbocycles. The van der Waals surface area contributed by atoms with E-state index in [0.29, 0.717) is 16.7 Å². The van der Waals surface area contributed by atoms with Crippen LogP contribution in [-0.2, 0) is 0 Å². The van der Waals surface area contributed by atoms with Crippen LogP contribution in [0.5, 0.6) is 0 Å². The van der Waals surface area contributed by atoms with Gasteiger partial charge in [-0.25, -0.2) is 15.0 Å². The SMILES string of the molecule is CC(C)n1cnc2c(Cl)ncnc21. The molecule has 4 nitrogen and oxygen atoms in total. The van der Waals surface area contributed by atoms with E-state index in [1.165, 1.54) is 6.33 Å². The summed E-state index contributed by atoms with van der Waals surface area (Å²) in [5.41, 5.74) is 1.45. The molecular weight excluding hydrogens is 188 g/mol. The van der Waals surface area contributed by atoms with Crippen LogP contribution in [0, 0.1) is 0 Å². The third-order valence-corrected chi connectivity index (χ3v) is 2.15. The lowest BCUT2D eigenvalue weighted by molar-refractivity contribution is 0.612. The van der Waals surface area contributed by atoms with Crippen LogP contribution in [0.25, 0.3) is 11.2 Å². The second-order valence-corrected chi connectivity index (χ2v) is 3.44. The first-order valence-corrected chi connectivity index (χ1v) is 4.41. The minimum atomic E-state index is 0.330. The highest BCUT2D eigenvalue weighted by atomic mass is 35.5. The van der Waals surface area contributed by atoms with E-state index >= 15 is 0 Å². The summed E-state index contributed by atoms with van der Waals surface area (Å²) in [5, 5.41) is 0.407. The molecule has 0 unspecified atom stereocenters. The minimum absolute atomic E-state index is 0.330. The maximum absolute atomic E-state index is 5.85. The van der Waals surface area contributed by atoms with E-state index in [0.717, 1.165) is 5.65 Å². The molecule has 2 heterocycles. The molecule has 5 heteroatoms. The van der Waals surface area contributed by atoms with Gasteiger partial charge in [-0.1, -0.05) is 11.6 Å². The summed E-state index contributed by atoms with van der Waals surface area (Å²) >= 11 is 5.85. The molecule has 13 heavy (non-hydrogen) atoms. The van der Waals surface area contributed by atoms with Crippen molar-refractivity contribution in [2.24, 2.45) is 0 Å². The van der Waals surface area contributed by atoms with Crippen molar-refractivity contribution >= 4 is 22.8 Å². The molecule has 0 spiro atoms. The molecule has 0 saturated heterocycles. The van der Waals surface area contributed by atoms with Gasteiger partial charge in [0.05, 0.1) is 6.33 Å². The molecular formula is C8H9ClN4. The first-order valence-electron chi connectivity index (χ1n) is 4.03. The molecule has 0 bridgehead atoms. The highest BCUT2D eigenvalue weighted by Gasteiger charge is 2.09. The normalized spacial score (nSPS) is 11.4. The van der Waals surface area contributed by atoms with Crippen LogP contribution in [0.2, 0.25) is 5.15 Å². The smallest absolute Gasteiger partial charge is 0.165 e. The summed E-state index contributed by atoms with van der Waals surface area (Å²) in [6, 6.07) is 0.330. The van der Waals surface area contributed by atoms with Crippen molar-refractivity contribution in [3.63, 3.8) is 0 Å². The van der Waals surface area contributed by atoms with Gasteiger partial charge in [0.2, 0.25) is 0 Å². The molecule has 0 amide bonds. The van der Waals surface area contributed by atoms with Crippen molar-refractivity contribution in [3.8, 4) is 0 Å². The Kier molecular flexibility index (Phi) is 1.92. The zero-order valence-electron chi connectivity index (χ0n) is 7.40. The predicted octanol–water partition coefficient (Wildman–Crippen LogP) is 2.06. The Labute approximate surface area is 80.6 Å². The van der Waals surface area contributed by atoms with Gasteiger partial charge in [0, 0.05) is 6.04 Å². The summed E-state index contributed by atoms with van der Waals surface area (Å²) in [6.07, 6.45) is 3.18. The maximum Gasteiger partial charge on any atom is 0.165 e. The third-order valence-electron chi connectivity index (χ3n) is 1.87. The Balaban J connectivity index is 2.75. The molecule has 0 saturated carbocycles. The van der Waals surface area contributed by atoms with E-state index < -0.39 is 0 Å². The lowest BCUT2D eigenvalue weighted by Crippen LogP contribution is -1.99. The molecule has 0 atom stereocenters. The fourth-order valence-corrected chi connectivity index (χ4v) is 1.38. The second kappa shape index (κ2) is 2.96. The molecule has 68 valence electrons. The number of hydrogen-bond acceptors (Lipinski definition) is 3. The highest BCUT2D eigenvalue weighted by molar-refractivity contribution is 6.33. The first kappa shape index (κ1) is 8.44. The lowest BCUT2D eigenvalue weighted by Gasteiger charge is -2.05. The number of aromatic nitrogens is 4. The van der Waals surface area contributed by atoms with Crippen molar-refractivity contribution in [2.75, 3.05) is 0 Å². The zero-order chi connectivity index (χ0) is 9.42. The van der Waals surface area contributed by atoms with E-state index in [-0.39, 0.29) is 0 Å². The third kappa shape index (κ3) is 1.27. The minimum Gasteiger partial charge on any atom is -0.313 e. The average molecular weight is 197 g/mol. The Morgan fingerprint density at radius 2 is 2.08 bits per heavy atom. The summed E-state index contributed by atoms with van der Waals surface area (Å²) in [7, 11) is 0. The molecule has 0 radical (unpaired) electrons. The van der Waals surface area contributed by atoms with Crippen LogP contribution in [0.15, 0.2) is 12.7 Å². The van der Waals surface area contributed by atoms with Crippen LogP contribution in [0.4, 0.5) is 0 Å². The van der Waals surface area contributed by atoms with Gasteiger partial charge in [-0.3, -0.25) is 0 Å². The van der Waals surface area contributed by atoms with Gasteiger partial charge >= 0.3 is 0 Å². The zero-order valence-corrected chi connectivity index (χ0v) is 8.15. The van der Waals surface area contributed by atoms with Crippen LogP contribution < -0.4 is 0 Å². The number of halogens is 1. The van der Waals surface area contributed by atoms with E-state index in [1.807, 2.05) is 4.57 Å². The van der Waals surface area contributed by atoms with E-state index in [9.17, 15) is 0 Å². The summed E-state index contributed by atoms with van der Waals surface area (Å²) in [6.45, 7) is 4.13. The van der Waals surface area contributed by atoms with E-state index in [4.69, 9.17) is 11.6 Å². The number of fused-ring (bicyclic) bond motifs is 1. The van der Waals surface area contributed by atoms with Crippen molar-refractivity contribution in [1.82, 2.24) is 19.5 Å². The standard InChI is InChI=1S/C8H9ClN4/c1-5(2)13-4-12-6-7(9)10-3-11-8(6)13/h3-5H,1-2H3. The van der Waals surface area contributed by atoms with Gasteiger partial charge < -0.3 is 4.57 Å². The topological polar surface area (TPSA) is 43.6 Å². The largest absolute Gasteiger partial charge is 0.313 e. The van der Waals surface area contributed by atoms with Crippen LogP contribution in [0.1, 0.15) is 19.9 Å². The van der Waals surface area contributed by atoms with Crippen molar-refractivity contribution in [1.29, 1.82) is 0 Å². The van der Waals surface area contributed by atoms with Crippen molar-refractivity contribution in [3.05, 3.63) is 17.8 Å². The summed E-state index contributed by atoms with van der Waals surface area (Å²) in [5.74, 6) is 0. The molecule has 0 aliphatic rings. The number of hydrogen-bond donors (Lipinski definition) is 0. The van der Waals surface area contributed by atoms with Crippen LogP contribution in [0.3, 0.4) is 0 Å². The molecule has 2 aromatic rings. The fraction of sp³-hybridized carbons (Fsp3) is 0.375. The van der Waals surface area contributed by atoms with Crippen LogP contribution >= 0.6 is 11.6 Å². The molecule has 2 rings (SSSR count). The fourth-order valence-electron chi connectivity index (χ4n) is 1.20. The monoisotopic (exact) mass is 196 g/mol. The van der Waals surface area contributed by atoms with Crippen LogP contribution in [-0.4, -0.2) is 19.5 Å². The van der Waals surface area contributed by atoms with Crippen molar-refractivity contribution < 1.29 is 0 Å². The Bertz CT molecular complexity index is 435. The molecule has 0 N–H and O–H groups in total. The van der Waals surface area contributed by atoms with Gasteiger partial charge in [-0.2, -0.15) is 0 Å². The first-order chi connectivity index (χ1) is 6.20. The van der Waals surface area contributed by atoms with Gasteiger partial charge in [-0.15, -0.1) is 0 Å². The maximum atomic E-state index is 5.85. The average Bonchev–Trinajstić information content (AvgIpc) is 2.48. The second-order valence-electron chi connectivity index (χ2n) is 3.08. The Morgan fingerprint density at radius 3 is 2.77 bits per heavy atom. The van der Waals surface area contributed by atoms with Gasteiger partial charge in [-0.05, 0) is 13.8 Å². The predicted molar refractivity (Wildman–Crippen MR) is 50.7 cm³/mol. The van der Waals surface area contributed by atoms with Crippen molar-refractivity contribution in [2.45, 2.75) is 19.9 Å². The summed E-state index contributed by atoms with van der Waals surface area (Å²) < 4.78 is 1.96. The Hall–Kier alpha value is -1.16. The van der Waals surface area contributed by atoms with Gasteiger partial charge in [0.1, 0.15) is 11.8 Å². The van der Waals surface area contributed by atoms with E-state index in [2.05, 4.69) is 28.8 Å². The van der Waals surface area contributed by atoms with Gasteiger partial charge in [0.25, 0.3) is 0 Å². The lowest BCUT2D eigenvalue weighted by atomic mass is 10.4. The Morgan fingerprint density at radius 1 is 1.31 bits per heavy atom. The number of imidazole rings is 1. The number of nitrogens with zero attached hydrogens (tertiary/aromatic N) is 4. The number of rotatable bonds is 1. The quantitative estimate of drug-likeness (QED) is 0.656. The summed E-state index contributed by atoms with van der Waals surface area (Å²) in [4.78, 5) is 12.1. The van der Waals surface area contributed by atoms with Gasteiger partial charge in [0.15, 0.2) is 10.8 Å². The highest BCUT2D eigenvalue weighted by Crippen LogP contribution is 2.19.